The molecule has 2 saturated heterocycles. The summed E-state index contributed by atoms with van der Waals surface area (Å²) in [6, 6.07) is 9.10. The van der Waals surface area contributed by atoms with Crippen LogP contribution in [0, 0.1) is 5.92 Å². The number of cyclic esters (lactones) is 1. The molecule has 0 spiro atoms. The summed E-state index contributed by atoms with van der Waals surface area (Å²) in [6.45, 7) is 6.08. The number of aliphatic carboxylic acids is 1. The van der Waals surface area contributed by atoms with Crippen LogP contribution < -0.4 is 26.6 Å². The molecule has 5 rings (SSSR count). The number of carboxylic acid groups (broad SMARTS) is 1. The third-order valence-corrected chi connectivity index (χ3v) is 12.4. The van der Waals surface area contributed by atoms with E-state index in [0.717, 1.165) is 9.80 Å². The third-order valence-electron chi connectivity index (χ3n) is 12.4. The summed E-state index contributed by atoms with van der Waals surface area (Å²) in [5.41, 5.74) is 1.46. The molecule has 0 radical (unpaired) electrons. The van der Waals surface area contributed by atoms with E-state index in [1.54, 1.807) is 51.1 Å². The average Bonchev–Trinajstić information content (AvgIpc) is 3.32. The molecule has 3 aromatic rings. The molecule has 0 aromatic heterocycles. The lowest BCUT2D eigenvalue weighted by molar-refractivity contribution is -0.165. The SMILES string of the molecule is CCCC(=O)NC(CC(=O)O)C(=O)NC1C(=O)NC(Cc2ccc(O)cc2)C(=O)NC2CCC(O)N(C2=O)C(Cc2ccccc2)C(=O)N(C)C(Cc2ccc(O)cc2)C(=O)NC(C(C)C)C(=O)OC1C. The number of phenolic OH excluding ortho intramolecular Hbond substituents is 2. The number of rotatable bonds is 14. The van der Waals surface area contributed by atoms with Gasteiger partial charge in [-0.15, -0.1) is 0 Å². The predicted molar refractivity (Wildman–Crippen MR) is 253 cm³/mol. The smallest absolute Gasteiger partial charge is 0.329 e. The summed E-state index contributed by atoms with van der Waals surface area (Å²) in [5, 5.41) is 54.0. The lowest BCUT2D eigenvalue weighted by atomic mass is 9.95. The maximum absolute atomic E-state index is 15.1. The number of carboxylic acids is 1. The zero-order valence-electron chi connectivity index (χ0n) is 40.2. The van der Waals surface area contributed by atoms with Gasteiger partial charge in [-0.1, -0.05) is 75.4 Å². The fraction of sp³-hybridized carbons (Fsp3) is 0.460. The highest BCUT2D eigenvalue weighted by Gasteiger charge is 2.46. The summed E-state index contributed by atoms with van der Waals surface area (Å²) < 4.78 is 5.83. The van der Waals surface area contributed by atoms with Crippen LogP contribution in [0.15, 0.2) is 78.9 Å². The van der Waals surface area contributed by atoms with Crippen molar-refractivity contribution in [2.45, 2.75) is 134 Å². The van der Waals surface area contributed by atoms with Gasteiger partial charge in [0.25, 0.3) is 0 Å². The highest BCUT2D eigenvalue weighted by Crippen LogP contribution is 2.26. The van der Waals surface area contributed by atoms with E-state index in [1.807, 2.05) is 0 Å². The second kappa shape index (κ2) is 24.8. The Morgan fingerprint density at radius 3 is 1.90 bits per heavy atom. The fourth-order valence-electron chi connectivity index (χ4n) is 8.40. The van der Waals surface area contributed by atoms with Crippen molar-refractivity contribution in [3.05, 3.63) is 95.6 Å². The second-order valence-electron chi connectivity index (χ2n) is 18.2. The van der Waals surface area contributed by atoms with Crippen molar-refractivity contribution in [2.24, 2.45) is 5.92 Å². The largest absolute Gasteiger partial charge is 0.508 e. The fourth-order valence-corrected chi connectivity index (χ4v) is 8.40. The first kappa shape index (κ1) is 54.4. The van der Waals surface area contributed by atoms with Gasteiger partial charge >= 0.3 is 11.9 Å². The molecule has 2 aliphatic rings. The molecule has 2 heterocycles. The predicted octanol–water partition coefficient (Wildman–Crippen LogP) is 0.562. The van der Waals surface area contributed by atoms with E-state index >= 15 is 4.79 Å². The number of hydrogen-bond donors (Lipinski definition) is 9. The van der Waals surface area contributed by atoms with Crippen molar-refractivity contribution in [3.8, 4) is 11.5 Å². The number of fused-ring (bicyclic) bond motifs is 2. The van der Waals surface area contributed by atoms with Crippen LogP contribution in [0.25, 0.3) is 0 Å². The molecule has 2 fully saturated rings. The standard InChI is InChI=1S/C50H63N7O14/c1-6-10-39(60)51-36(26-41(62)63)45(65)55-43-28(4)71-50(70)42(27(2)3)54-46(66)37(24-31-15-19-33(59)20-16-31)56(5)49(69)38(25-29-11-8-7-9-12-29)57-40(61)22-21-34(48(57)68)52-44(64)35(53-47(43)67)23-30-13-17-32(58)18-14-30/h7-9,11-20,27-28,34-38,40,42-43,58-59,61H,6,10,21-26H2,1-5H3,(H,51,60)(H,52,64)(H,53,67)(H,54,66)(H,55,65)(H,62,63). The number of piperidine rings is 1. The highest BCUT2D eigenvalue weighted by molar-refractivity contribution is 5.99. The first-order chi connectivity index (χ1) is 33.7. The number of aromatic hydroxyl groups is 2. The molecular formula is C50H63N7O14. The van der Waals surface area contributed by atoms with Crippen LogP contribution in [-0.2, 0) is 67.2 Å². The number of benzene rings is 3. The maximum Gasteiger partial charge on any atom is 0.329 e. The van der Waals surface area contributed by atoms with Gasteiger partial charge in [-0.2, -0.15) is 0 Å². The monoisotopic (exact) mass is 985 g/mol. The first-order valence-electron chi connectivity index (χ1n) is 23.5. The lowest BCUT2D eigenvalue weighted by Gasteiger charge is -2.43. The Hall–Kier alpha value is -7.55. The summed E-state index contributed by atoms with van der Waals surface area (Å²) in [4.78, 5) is 128. The molecular weight excluding hydrogens is 923 g/mol. The average molecular weight is 986 g/mol. The van der Waals surface area contributed by atoms with Crippen molar-refractivity contribution < 1.29 is 68.3 Å². The van der Waals surface area contributed by atoms with Crippen molar-refractivity contribution in [1.29, 1.82) is 0 Å². The molecule has 0 aliphatic carbocycles. The van der Waals surface area contributed by atoms with Crippen molar-refractivity contribution in [2.75, 3.05) is 7.05 Å². The zero-order valence-corrected chi connectivity index (χ0v) is 40.2. The van der Waals surface area contributed by atoms with E-state index in [1.165, 1.54) is 62.5 Å². The number of ether oxygens (including phenoxy) is 1. The number of carbonyl (C=O) groups excluding carboxylic acids is 8. The molecule has 21 nitrogen and oxygen atoms in total. The summed E-state index contributed by atoms with van der Waals surface area (Å²) in [5.74, 6) is -9.87. The molecule has 2 bridgehead atoms. The van der Waals surface area contributed by atoms with Crippen molar-refractivity contribution in [1.82, 2.24) is 36.4 Å². The number of hydrogen-bond acceptors (Lipinski definition) is 13. The Kier molecular flexibility index (Phi) is 19.0. The van der Waals surface area contributed by atoms with Gasteiger partial charge in [0.15, 0.2) is 0 Å². The van der Waals surface area contributed by atoms with E-state index in [9.17, 15) is 58.8 Å². The molecule has 3 aromatic carbocycles. The number of aliphatic hydroxyl groups excluding tert-OH is 1. The van der Waals surface area contributed by atoms with E-state index in [0.29, 0.717) is 23.1 Å². The minimum Gasteiger partial charge on any atom is -0.508 e. The van der Waals surface area contributed by atoms with Crippen LogP contribution in [0.3, 0.4) is 0 Å². The number of nitrogens with zero attached hydrogens (tertiary/aromatic N) is 2. The second-order valence-corrected chi connectivity index (χ2v) is 18.2. The normalized spacial score (nSPS) is 24.3. The summed E-state index contributed by atoms with van der Waals surface area (Å²) in [6.07, 6.45) is -4.65. The van der Waals surface area contributed by atoms with E-state index in [-0.39, 0.29) is 50.0 Å². The van der Waals surface area contributed by atoms with Crippen LogP contribution in [0.1, 0.15) is 76.5 Å². The van der Waals surface area contributed by atoms with Gasteiger partial charge in [0.1, 0.15) is 66.1 Å². The molecule has 21 heteroatoms. The van der Waals surface area contributed by atoms with Crippen molar-refractivity contribution in [3.63, 3.8) is 0 Å². The molecule has 9 unspecified atom stereocenters. The van der Waals surface area contributed by atoms with Crippen LogP contribution >= 0.6 is 0 Å². The van der Waals surface area contributed by atoms with Gasteiger partial charge in [0.2, 0.25) is 41.4 Å². The van der Waals surface area contributed by atoms with E-state index in [2.05, 4.69) is 26.6 Å². The molecule has 9 atom stereocenters. The number of amides is 7. The molecule has 382 valence electrons. The molecule has 71 heavy (non-hydrogen) atoms. The topological polar surface area (TPSA) is 310 Å². The van der Waals surface area contributed by atoms with Crippen LogP contribution in [0.4, 0.5) is 0 Å². The van der Waals surface area contributed by atoms with Crippen LogP contribution in [-0.4, -0.2) is 145 Å². The van der Waals surface area contributed by atoms with Crippen LogP contribution in [0.5, 0.6) is 11.5 Å². The quantitative estimate of drug-likeness (QED) is 0.0998. The van der Waals surface area contributed by atoms with Gasteiger partial charge in [-0.25, -0.2) is 4.79 Å². The Balaban J connectivity index is 1.65. The van der Waals surface area contributed by atoms with Gasteiger partial charge in [-0.05, 0) is 73.1 Å². The minimum atomic E-state index is -1.90. The van der Waals surface area contributed by atoms with E-state index < -0.39 is 120 Å². The number of esters is 1. The van der Waals surface area contributed by atoms with Crippen molar-refractivity contribution >= 4 is 53.3 Å². The minimum absolute atomic E-state index is 0.0641. The summed E-state index contributed by atoms with van der Waals surface area (Å²) >= 11 is 0. The number of aliphatic hydroxyl groups is 1. The molecule has 7 amide bonds. The Bertz CT molecular complexity index is 2400. The molecule has 0 saturated carbocycles. The molecule has 9 N–H and O–H groups in total. The van der Waals surface area contributed by atoms with Gasteiger partial charge in [0.05, 0.1) is 6.42 Å². The van der Waals surface area contributed by atoms with Gasteiger partial charge in [-0.3, -0.25) is 38.4 Å². The Morgan fingerprint density at radius 1 is 0.746 bits per heavy atom. The van der Waals surface area contributed by atoms with E-state index in [4.69, 9.17) is 4.74 Å². The zero-order chi connectivity index (χ0) is 52.1. The first-order valence-corrected chi connectivity index (χ1v) is 23.5. The summed E-state index contributed by atoms with van der Waals surface area (Å²) in [7, 11) is 1.33. The molecule has 2 aliphatic heterocycles. The number of nitrogens with one attached hydrogen (secondary N) is 5. The van der Waals surface area contributed by atoms with Gasteiger partial charge in [0, 0.05) is 32.7 Å². The third kappa shape index (κ3) is 14.7. The number of phenols is 2. The lowest BCUT2D eigenvalue weighted by Crippen LogP contribution is -2.65. The Labute approximate surface area is 410 Å². The van der Waals surface area contributed by atoms with Gasteiger partial charge < -0.3 is 61.5 Å². The highest BCUT2D eigenvalue weighted by atomic mass is 16.5. The number of carbonyl (C=O) groups is 9. The maximum atomic E-state index is 15.1. The Morgan fingerprint density at radius 2 is 1.32 bits per heavy atom. The number of likely N-dealkylation sites (N-methyl/N-ethyl adjacent to an activating group) is 1. The van der Waals surface area contributed by atoms with Crippen LogP contribution in [0.2, 0.25) is 0 Å².